The Kier molecular flexibility index (Phi) is 4.26. The van der Waals surface area contributed by atoms with Crippen molar-refractivity contribution in [2.75, 3.05) is 0 Å². The van der Waals surface area contributed by atoms with Crippen LogP contribution in [-0.2, 0) is 17.9 Å². The second kappa shape index (κ2) is 6.86. The molecule has 0 saturated heterocycles. The monoisotopic (exact) mass is 349 g/mol. The van der Waals surface area contributed by atoms with Gasteiger partial charge < -0.3 is 4.74 Å². The first kappa shape index (κ1) is 15.5. The van der Waals surface area contributed by atoms with Gasteiger partial charge in [-0.1, -0.05) is 42.5 Å². The Morgan fingerprint density at radius 2 is 1.88 bits per heavy atom. The number of nitrogens with zero attached hydrogens (tertiary/aromatic N) is 3. The highest BCUT2D eigenvalue weighted by Gasteiger charge is 2.12. The molecular weight excluding hydrogens is 334 g/mol. The van der Waals surface area contributed by atoms with Gasteiger partial charge in [0.05, 0.1) is 28.5 Å². The molecule has 2 aromatic carbocycles. The van der Waals surface area contributed by atoms with E-state index in [1.807, 2.05) is 54.6 Å². The summed E-state index contributed by atoms with van der Waals surface area (Å²) in [5.41, 5.74) is 2.49. The van der Waals surface area contributed by atoms with E-state index in [0.717, 1.165) is 20.8 Å². The number of fused-ring (bicyclic) bond motifs is 1. The van der Waals surface area contributed by atoms with Crippen LogP contribution in [0.25, 0.3) is 10.2 Å². The summed E-state index contributed by atoms with van der Waals surface area (Å²) in [6.45, 7) is 0.786. The van der Waals surface area contributed by atoms with Crippen LogP contribution in [0.2, 0.25) is 0 Å². The van der Waals surface area contributed by atoms with Gasteiger partial charge in [0.2, 0.25) is 0 Å². The minimum atomic E-state index is -0.390. The number of hydrogen-bond donors (Lipinski definition) is 0. The second-order valence-corrected chi connectivity index (χ2v) is 6.68. The first-order valence-electron chi connectivity index (χ1n) is 7.86. The van der Waals surface area contributed by atoms with Gasteiger partial charge >= 0.3 is 5.97 Å². The van der Waals surface area contributed by atoms with Crippen molar-refractivity contribution in [2.45, 2.75) is 13.2 Å². The third-order valence-corrected chi connectivity index (χ3v) is 4.73. The van der Waals surface area contributed by atoms with Crippen molar-refractivity contribution in [3.8, 4) is 0 Å². The van der Waals surface area contributed by atoms with Crippen molar-refractivity contribution >= 4 is 27.5 Å². The van der Waals surface area contributed by atoms with E-state index in [2.05, 4.69) is 10.1 Å². The standard InChI is InChI=1S/C19H15N3O2S/c23-19(24-13-18-21-16-8-4-5-9-17(16)25-18)15-10-20-22(12-15)11-14-6-2-1-3-7-14/h1-10,12H,11,13H2. The number of esters is 1. The van der Waals surface area contributed by atoms with E-state index in [9.17, 15) is 4.79 Å². The largest absolute Gasteiger partial charge is 0.455 e. The molecule has 0 unspecified atom stereocenters. The molecule has 0 spiro atoms. The molecule has 2 aromatic heterocycles. The van der Waals surface area contributed by atoms with Crippen LogP contribution in [0.1, 0.15) is 20.9 Å². The van der Waals surface area contributed by atoms with Crippen LogP contribution >= 0.6 is 11.3 Å². The number of ether oxygens (including phenoxy) is 1. The van der Waals surface area contributed by atoms with Crippen LogP contribution in [-0.4, -0.2) is 20.7 Å². The maximum Gasteiger partial charge on any atom is 0.341 e. The summed E-state index contributed by atoms with van der Waals surface area (Å²) in [6.07, 6.45) is 3.23. The molecule has 5 nitrogen and oxygen atoms in total. The molecule has 0 N–H and O–H groups in total. The molecule has 2 heterocycles. The highest BCUT2D eigenvalue weighted by Crippen LogP contribution is 2.22. The van der Waals surface area contributed by atoms with Crippen LogP contribution in [0.4, 0.5) is 0 Å². The average Bonchev–Trinajstić information content (AvgIpc) is 3.27. The second-order valence-electron chi connectivity index (χ2n) is 5.56. The van der Waals surface area contributed by atoms with Gasteiger partial charge in [0.25, 0.3) is 0 Å². The van der Waals surface area contributed by atoms with Crippen molar-refractivity contribution in [1.29, 1.82) is 0 Å². The Morgan fingerprint density at radius 3 is 2.72 bits per heavy atom. The van der Waals surface area contributed by atoms with Crippen molar-refractivity contribution in [3.63, 3.8) is 0 Å². The summed E-state index contributed by atoms with van der Waals surface area (Å²) in [5.74, 6) is -0.390. The fourth-order valence-electron chi connectivity index (χ4n) is 2.52. The Hall–Kier alpha value is -2.99. The summed E-state index contributed by atoms with van der Waals surface area (Å²) in [6, 6.07) is 17.8. The van der Waals surface area contributed by atoms with Crippen molar-refractivity contribution in [3.05, 3.63) is 83.1 Å². The van der Waals surface area contributed by atoms with Crippen LogP contribution < -0.4 is 0 Å². The van der Waals surface area contributed by atoms with Crippen LogP contribution in [0.3, 0.4) is 0 Å². The fourth-order valence-corrected chi connectivity index (χ4v) is 3.40. The molecule has 25 heavy (non-hydrogen) atoms. The van der Waals surface area contributed by atoms with Gasteiger partial charge in [0, 0.05) is 6.20 Å². The van der Waals surface area contributed by atoms with E-state index in [4.69, 9.17) is 4.74 Å². The zero-order chi connectivity index (χ0) is 17.1. The van der Waals surface area contributed by atoms with Gasteiger partial charge in [-0.3, -0.25) is 4.68 Å². The quantitative estimate of drug-likeness (QED) is 0.513. The summed E-state index contributed by atoms with van der Waals surface area (Å²) >= 11 is 1.53. The molecule has 0 aliphatic carbocycles. The number of aromatic nitrogens is 3. The average molecular weight is 349 g/mol. The summed E-state index contributed by atoms with van der Waals surface area (Å²) < 4.78 is 8.18. The molecule has 0 fully saturated rings. The molecule has 0 amide bonds. The van der Waals surface area contributed by atoms with Gasteiger partial charge in [-0.25, -0.2) is 9.78 Å². The number of hydrogen-bond acceptors (Lipinski definition) is 5. The van der Waals surface area contributed by atoms with E-state index >= 15 is 0 Å². The van der Waals surface area contributed by atoms with E-state index in [1.54, 1.807) is 10.9 Å². The minimum absolute atomic E-state index is 0.169. The van der Waals surface area contributed by atoms with Crippen LogP contribution in [0.15, 0.2) is 67.0 Å². The number of rotatable bonds is 5. The molecule has 0 aliphatic rings. The Bertz CT molecular complexity index is 975. The predicted molar refractivity (Wildman–Crippen MR) is 96.5 cm³/mol. The van der Waals surface area contributed by atoms with E-state index < -0.39 is 5.97 Å². The van der Waals surface area contributed by atoms with Crippen molar-refractivity contribution in [2.24, 2.45) is 0 Å². The SMILES string of the molecule is O=C(OCc1nc2ccccc2s1)c1cnn(Cc2ccccc2)c1. The van der Waals surface area contributed by atoms with Gasteiger partial charge in [-0.05, 0) is 17.7 Å². The van der Waals surface area contributed by atoms with Gasteiger partial charge in [0.15, 0.2) is 0 Å². The van der Waals surface area contributed by atoms with Crippen LogP contribution in [0, 0.1) is 0 Å². The first-order chi connectivity index (χ1) is 12.3. The molecule has 0 aliphatic heterocycles. The topological polar surface area (TPSA) is 57.0 Å². The van der Waals surface area contributed by atoms with Gasteiger partial charge in [-0.2, -0.15) is 5.10 Å². The van der Waals surface area contributed by atoms with E-state index in [1.165, 1.54) is 17.5 Å². The maximum atomic E-state index is 12.2. The lowest BCUT2D eigenvalue weighted by Crippen LogP contribution is -2.04. The molecule has 0 saturated carbocycles. The number of carbonyl (C=O) groups is 1. The lowest BCUT2D eigenvalue weighted by molar-refractivity contribution is 0.0472. The van der Waals surface area contributed by atoms with Gasteiger partial charge in [-0.15, -0.1) is 11.3 Å². The smallest absolute Gasteiger partial charge is 0.341 e. The Morgan fingerprint density at radius 1 is 1.08 bits per heavy atom. The molecule has 4 rings (SSSR count). The fraction of sp³-hybridized carbons (Fsp3) is 0.105. The number of para-hydroxylation sites is 1. The zero-order valence-corrected chi connectivity index (χ0v) is 14.1. The highest BCUT2D eigenvalue weighted by molar-refractivity contribution is 7.18. The lowest BCUT2D eigenvalue weighted by Gasteiger charge is -2.01. The van der Waals surface area contributed by atoms with E-state index in [0.29, 0.717) is 12.1 Å². The van der Waals surface area contributed by atoms with Gasteiger partial charge in [0.1, 0.15) is 11.6 Å². The van der Waals surface area contributed by atoms with Crippen molar-refractivity contribution in [1.82, 2.24) is 14.8 Å². The molecule has 4 aromatic rings. The Labute approximate surface area is 148 Å². The summed E-state index contributed by atoms with van der Waals surface area (Å²) in [4.78, 5) is 16.7. The third-order valence-electron chi connectivity index (χ3n) is 3.72. The molecule has 124 valence electrons. The highest BCUT2D eigenvalue weighted by atomic mass is 32.1. The first-order valence-corrected chi connectivity index (χ1v) is 8.67. The Balaban J connectivity index is 1.39. The van der Waals surface area contributed by atoms with E-state index in [-0.39, 0.29) is 6.61 Å². The molecule has 0 radical (unpaired) electrons. The minimum Gasteiger partial charge on any atom is -0.455 e. The molecule has 0 bridgehead atoms. The third kappa shape index (κ3) is 3.59. The molecule has 0 atom stereocenters. The molecule has 6 heteroatoms. The van der Waals surface area contributed by atoms with Crippen molar-refractivity contribution < 1.29 is 9.53 Å². The lowest BCUT2D eigenvalue weighted by atomic mass is 10.2. The van der Waals surface area contributed by atoms with Crippen LogP contribution in [0.5, 0.6) is 0 Å². The normalized spacial score (nSPS) is 10.9. The number of thiazole rings is 1. The summed E-state index contributed by atoms with van der Waals surface area (Å²) in [7, 11) is 0. The number of benzene rings is 2. The number of carbonyl (C=O) groups excluding carboxylic acids is 1. The maximum absolute atomic E-state index is 12.2. The zero-order valence-electron chi connectivity index (χ0n) is 13.3. The predicted octanol–water partition coefficient (Wildman–Crippen LogP) is 3.90. The summed E-state index contributed by atoms with van der Waals surface area (Å²) in [5, 5.41) is 5.01. The molecular formula is C19H15N3O2S.